The van der Waals surface area contributed by atoms with Crippen LogP contribution in [0.2, 0.25) is 0 Å². The Bertz CT molecular complexity index is 503. The Hall–Kier alpha value is -1.06. The van der Waals surface area contributed by atoms with Crippen molar-refractivity contribution in [1.82, 2.24) is 9.88 Å². The second kappa shape index (κ2) is 5.29. The summed E-state index contributed by atoms with van der Waals surface area (Å²) in [5, 5.41) is 3.54. The zero-order chi connectivity index (χ0) is 12.4. The van der Waals surface area contributed by atoms with E-state index in [2.05, 4.69) is 41.3 Å². The van der Waals surface area contributed by atoms with Crippen LogP contribution in [0.4, 0.5) is 0 Å². The highest BCUT2D eigenvalue weighted by Crippen LogP contribution is 2.30. The molecule has 2 aromatic rings. The van der Waals surface area contributed by atoms with Gasteiger partial charge in [0, 0.05) is 41.8 Å². The summed E-state index contributed by atoms with van der Waals surface area (Å²) in [4.78, 5) is 3.12. The fourth-order valence-corrected chi connectivity index (χ4v) is 3.83. The van der Waals surface area contributed by atoms with Crippen molar-refractivity contribution in [2.24, 2.45) is 0 Å². The Balaban J connectivity index is 1.51. The van der Waals surface area contributed by atoms with Crippen LogP contribution >= 0.6 is 11.3 Å². The van der Waals surface area contributed by atoms with Gasteiger partial charge in [-0.2, -0.15) is 0 Å². The minimum absolute atomic E-state index is 0.968. The lowest BCUT2D eigenvalue weighted by Gasteiger charge is -2.01. The molecule has 3 heteroatoms. The van der Waals surface area contributed by atoms with Gasteiger partial charge in [-0.15, -0.1) is 11.3 Å². The maximum absolute atomic E-state index is 3.54. The van der Waals surface area contributed by atoms with Crippen molar-refractivity contribution in [3.8, 4) is 0 Å². The van der Waals surface area contributed by atoms with Gasteiger partial charge in [0.05, 0.1) is 0 Å². The summed E-state index contributed by atoms with van der Waals surface area (Å²) < 4.78 is 2.22. The molecule has 0 unspecified atom stereocenters. The Morgan fingerprint density at radius 1 is 1.33 bits per heavy atom. The Morgan fingerprint density at radius 2 is 2.28 bits per heavy atom. The summed E-state index contributed by atoms with van der Waals surface area (Å²) in [6.45, 7) is 5.20. The van der Waals surface area contributed by atoms with Crippen molar-refractivity contribution >= 4 is 11.3 Å². The average Bonchev–Trinajstić information content (AvgIpc) is 3.03. The molecule has 0 amide bonds. The molecular weight excluding hydrogens is 240 g/mol. The molecule has 0 bridgehead atoms. The van der Waals surface area contributed by atoms with Crippen molar-refractivity contribution in [2.45, 2.75) is 45.8 Å². The van der Waals surface area contributed by atoms with Crippen molar-refractivity contribution in [1.29, 1.82) is 0 Å². The lowest BCUT2D eigenvalue weighted by molar-refractivity contribution is 0.694. The highest BCUT2D eigenvalue weighted by Gasteiger charge is 2.14. The van der Waals surface area contributed by atoms with E-state index in [9.17, 15) is 0 Å². The van der Waals surface area contributed by atoms with Crippen molar-refractivity contribution in [2.75, 3.05) is 0 Å². The zero-order valence-electron chi connectivity index (χ0n) is 10.9. The third kappa shape index (κ3) is 2.52. The smallest absolute Gasteiger partial charge is 0.0303 e. The van der Waals surface area contributed by atoms with Crippen LogP contribution in [-0.4, -0.2) is 4.57 Å². The molecule has 18 heavy (non-hydrogen) atoms. The number of aromatic nitrogens is 1. The predicted octanol–water partition coefficient (Wildman–Crippen LogP) is 3.35. The molecule has 0 saturated heterocycles. The Kier molecular flexibility index (Phi) is 3.52. The SMILES string of the molecule is CCn1ccc(CNCc2cc3c(s2)CCC3)c1. The maximum Gasteiger partial charge on any atom is 0.0303 e. The van der Waals surface area contributed by atoms with Crippen molar-refractivity contribution in [3.63, 3.8) is 0 Å². The largest absolute Gasteiger partial charge is 0.354 e. The molecule has 1 N–H and O–H groups in total. The summed E-state index contributed by atoms with van der Waals surface area (Å²) in [6.07, 6.45) is 8.34. The molecule has 0 aromatic carbocycles. The van der Waals surface area contributed by atoms with E-state index in [1.54, 1.807) is 10.4 Å². The van der Waals surface area contributed by atoms with E-state index in [0.717, 1.165) is 19.6 Å². The molecule has 0 fully saturated rings. The summed E-state index contributed by atoms with van der Waals surface area (Å²) in [6, 6.07) is 4.60. The molecule has 0 saturated carbocycles. The van der Waals surface area contributed by atoms with Gasteiger partial charge in [0.25, 0.3) is 0 Å². The molecule has 0 spiro atoms. The first kappa shape index (κ1) is 12.0. The van der Waals surface area contributed by atoms with Crippen LogP contribution in [0, 0.1) is 0 Å². The van der Waals surface area contributed by atoms with Crippen LogP contribution in [0.15, 0.2) is 24.5 Å². The lowest BCUT2D eigenvalue weighted by Crippen LogP contribution is -2.11. The molecule has 0 aliphatic heterocycles. The first-order valence-corrected chi connectivity index (χ1v) is 7.62. The third-order valence-corrected chi connectivity index (χ3v) is 4.84. The predicted molar refractivity (Wildman–Crippen MR) is 77.0 cm³/mol. The van der Waals surface area contributed by atoms with Gasteiger partial charge in [-0.3, -0.25) is 0 Å². The first-order valence-electron chi connectivity index (χ1n) is 6.81. The summed E-state index contributed by atoms with van der Waals surface area (Å²) in [7, 11) is 0. The summed E-state index contributed by atoms with van der Waals surface area (Å²) >= 11 is 2.00. The minimum Gasteiger partial charge on any atom is -0.354 e. The highest BCUT2D eigenvalue weighted by atomic mass is 32.1. The minimum atomic E-state index is 0.968. The second-order valence-electron chi connectivity index (χ2n) is 4.97. The lowest BCUT2D eigenvalue weighted by atomic mass is 10.2. The fourth-order valence-electron chi connectivity index (χ4n) is 2.60. The highest BCUT2D eigenvalue weighted by molar-refractivity contribution is 7.12. The normalized spacial score (nSPS) is 14.1. The Labute approximate surface area is 113 Å². The van der Waals surface area contributed by atoms with Crippen LogP contribution in [-0.2, 0) is 32.5 Å². The number of aryl methyl sites for hydroxylation is 3. The van der Waals surface area contributed by atoms with Gasteiger partial charge >= 0.3 is 0 Å². The summed E-state index contributed by atoms with van der Waals surface area (Å²) in [5.41, 5.74) is 2.98. The van der Waals surface area contributed by atoms with Crippen LogP contribution in [0.1, 0.15) is 34.2 Å². The topological polar surface area (TPSA) is 17.0 Å². The number of rotatable bonds is 5. The standard InChI is InChI=1S/C15H20N2S/c1-2-17-7-6-12(11-17)9-16-10-14-8-13-4-3-5-15(13)18-14/h6-8,11,16H,2-5,9-10H2,1H3. The van der Waals surface area contributed by atoms with E-state index in [1.807, 2.05) is 11.3 Å². The van der Waals surface area contributed by atoms with Crippen molar-refractivity contribution in [3.05, 3.63) is 45.4 Å². The zero-order valence-corrected chi connectivity index (χ0v) is 11.7. The third-order valence-electron chi connectivity index (χ3n) is 3.60. The molecular formula is C15H20N2S. The van der Waals surface area contributed by atoms with Gasteiger partial charge in [0.2, 0.25) is 0 Å². The number of nitrogens with one attached hydrogen (secondary N) is 1. The number of hydrogen-bond acceptors (Lipinski definition) is 2. The molecule has 2 aromatic heterocycles. The second-order valence-corrected chi connectivity index (χ2v) is 6.19. The van der Waals surface area contributed by atoms with Gasteiger partial charge in [0.15, 0.2) is 0 Å². The van der Waals surface area contributed by atoms with Gasteiger partial charge in [-0.1, -0.05) is 0 Å². The van der Waals surface area contributed by atoms with E-state index < -0.39 is 0 Å². The van der Waals surface area contributed by atoms with E-state index in [0.29, 0.717) is 0 Å². The summed E-state index contributed by atoms with van der Waals surface area (Å²) in [5.74, 6) is 0. The fraction of sp³-hybridized carbons (Fsp3) is 0.467. The van der Waals surface area contributed by atoms with E-state index in [4.69, 9.17) is 0 Å². The number of hydrogen-bond donors (Lipinski definition) is 1. The number of thiophene rings is 1. The van der Waals surface area contributed by atoms with Gasteiger partial charge in [-0.25, -0.2) is 0 Å². The Morgan fingerprint density at radius 3 is 3.06 bits per heavy atom. The average molecular weight is 260 g/mol. The van der Waals surface area contributed by atoms with E-state index >= 15 is 0 Å². The van der Waals surface area contributed by atoms with Crippen LogP contribution in [0.25, 0.3) is 0 Å². The van der Waals surface area contributed by atoms with Gasteiger partial charge in [-0.05, 0) is 49.4 Å². The van der Waals surface area contributed by atoms with Crippen molar-refractivity contribution < 1.29 is 0 Å². The number of nitrogens with zero attached hydrogens (tertiary/aromatic N) is 1. The van der Waals surface area contributed by atoms with Gasteiger partial charge < -0.3 is 9.88 Å². The quantitative estimate of drug-likeness (QED) is 0.872. The molecule has 1 aliphatic carbocycles. The number of fused-ring (bicyclic) bond motifs is 1. The van der Waals surface area contributed by atoms with Crippen LogP contribution < -0.4 is 5.32 Å². The van der Waals surface area contributed by atoms with Crippen LogP contribution in [0.3, 0.4) is 0 Å². The molecule has 0 radical (unpaired) electrons. The molecule has 1 aliphatic rings. The van der Waals surface area contributed by atoms with Crippen LogP contribution in [0.5, 0.6) is 0 Å². The monoisotopic (exact) mass is 260 g/mol. The first-order chi connectivity index (χ1) is 8.85. The van der Waals surface area contributed by atoms with E-state index in [-0.39, 0.29) is 0 Å². The van der Waals surface area contributed by atoms with E-state index in [1.165, 1.54) is 29.7 Å². The van der Waals surface area contributed by atoms with Gasteiger partial charge in [0.1, 0.15) is 0 Å². The maximum atomic E-state index is 3.54. The molecule has 96 valence electrons. The molecule has 0 atom stereocenters. The molecule has 2 heterocycles. The molecule has 3 rings (SSSR count). The molecule has 2 nitrogen and oxygen atoms in total.